The van der Waals surface area contributed by atoms with E-state index in [1.54, 1.807) is 27.0 Å². The van der Waals surface area contributed by atoms with Gasteiger partial charge in [0, 0.05) is 19.3 Å². The molecule has 1 amide bonds. The molecule has 1 aromatic heterocycles. The van der Waals surface area contributed by atoms with Crippen molar-refractivity contribution in [2.45, 2.75) is 13.8 Å². The maximum Gasteiger partial charge on any atom is 0.308 e. The Balaban J connectivity index is 2.73. The van der Waals surface area contributed by atoms with Gasteiger partial charge in [0.25, 0.3) is 5.91 Å². The van der Waals surface area contributed by atoms with Gasteiger partial charge in [0.15, 0.2) is 0 Å². The summed E-state index contributed by atoms with van der Waals surface area (Å²) in [4.78, 5) is 31.7. The molecule has 1 N–H and O–H groups in total. The molecule has 1 atom stereocenters. The Morgan fingerprint density at radius 3 is 2.65 bits per heavy atom. The van der Waals surface area contributed by atoms with Gasteiger partial charge in [0.1, 0.15) is 12.0 Å². The molecule has 1 rings (SSSR count). The van der Waals surface area contributed by atoms with Crippen molar-refractivity contribution in [3.8, 4) is 0 Å². The predicted octanol–water partition coefficient (Wildman–Crippen LogP) is 0.578. The van der Waals surface area contributed by atoms with Crippen molar-refractivity contribution in [2.75, 3.05) is 13.6 Å². The number of carbonyl (C=O) groups excluding carboxylic acids is 1. The van der Waals surface area contributed by atoms with E-state index in [4.69, 9.17) is 5.11 Å². The SMILES string of the molecule is Cc1cc(C(=O)N(C)CC(C)C(=O)O)ncn1. The number of aromatic nitrogens is 2. The fourth-order valence-corrected chi connectivity index (χ4v) is 1.34. The van der Waals surface area contributed by atoms with Crippen LogP contribution in [-0.4, -0.2) is 45.4 Å². The number of aliphatic carboxylic acids is 1. The molecule has 0 radical (unpaired) electrons. The Labute approximate surface area is 99.3 Å². The van der Waals surface area contributed by atoms with Crippen LogP contribution in [-0.2, 0) is 4.79 Å². The number of carboxylic acid groups (broad SMARTS) is 1. The second kappa shape index (κ2) is 5.38. The molecule has 0 spiro atoms. The molecule has 0 aliphatic heterocycles. The van der Waals surface area contributed by atoms with Gasteiger partial charge >= 0.3 is 5.97 Å². The number of nitrogens with zero attached hydrogens (tertiary/aromatic N) is 3. The van der Waals surface area contributed by atoms with Crippen LogP contribution in [0.5, 0.6) is 0 Å². The molecular formula is C11H15N3O3. The van der Waals surface area contributed by atoms with Gasteiger partial charge < -0.3 is 10.0 Å². The summed E-state index contributed by atoms with van der Waals surface area (Å²) in [6.07, 6.45) is 1.32. The number of hydrogen-bond acceptors (Lipinski definition) is 4. The van der Waals surface area contributed by atoms with Crippen LogP contribution < -0.4 is 0 Å². The molecule has 0 bridgehead atoms. The number of carboxylic acids is 1. The lowest BCUT2D eigenvalue weighted by atomic mass is 10.1. The zero-order valence-electron chi connectivity index (χ0n) is 10.0. The first-order valence-corrected chi connectivity index (χ1v) is 5.18. The Morgan fingerprint density at radius 1 is 1.47 bits per heavy atom. The number of rotatable bonds is 4. The molecule has 0 fully saturated rings. The Morgan fingerprint density at radius 2 is 2.12 bits per heavy atom. The van der Waals surface area contributed by atoms with Crippen molar-refractivity contribution in [1.82, 2.24) is 14.9 Å². The summed E-state index contributed by atoms with van der Waals surface area (Å²) in [5.41, 5.74) is 0.973. The van der Waals surface area contributed by atoms with E-state index in [-0.39, 0.29) is 18.1 Å². The number of hydrogen-bond donors (Lipinski definition) is 1. The Bertz CT molecular complexity index is 434. The summed E-state index contributed by atoms with van der Waals surface area (Å²) in [6, 6.07) is 1.57. The molecule has 0 saturated heterocycles. The molecule has 0 aliphatic rings. The fourth-order valence-electron chi connectivity index (χ4n) is 1.34. The van der Waals surface area contributed by atoms with Crippen LogP contribution in [0.25, 0.3) is 0 Å². The summed E-state index contributed by atoms with van der Waals surface area (Å²) in [5.74, 6) is -1.83. The van der Waals surface area contributed by atoms with Crippen LogP contribution in [0.2, 0.25) is 0 Å². The fraction of sp³-hybridized carbons (Fsp3) is 0.455. The van der Waals surface area contributed by atoms with E-state index in [0.717, 1.165) is 0 Å². The van der Waals surface area contributed by atoms with E-state index in [0.29, 0.717) is 5.69 Å². The van der Waals surface area contributed by atoms with Gasteiger partial charge in [-0.1, -0.05) is 6.92 Å². The van der Waals surface area contributed by atoms with Crippen molar-refractivity contribution in [3.63, 3.8) is 0 Å². The standard InChI is InChI=1S/C11H15N3O3/c1-7(11(16)17)5-14(3)10(15)9-4-8(2)12-6-13-9/h4,6-7H,5H2,1-3H3,(H,16,17). The minimum atomic E-state index is -0.927. The molecule has 17 heavy (non-hydrogen) atoms. The average molecular weight is 237 g/mol. The molecule has 0 aromatic carbocycles. The summed E-state index contributed by atoms with van der Waals surface area (Å²) in [6.45, 7) is 3.47. The van der Waals surface area contributed by atoms with Crippen molar-refractivity contribution >= 4 is 11.9 Å². The topological polar surface area (TPSA) is 83.4 Å². The minimum absolute atomic E-state index is 0.150. The highest BCUT2D eigenvalue weighted by atomic mass is 16.4. The van der Waals surface area contributed by atoms with Crippen molar-refractivity contribution in [2.24, 2.45) is 5.92 Å². The lowest BCUT2D eigenvalue weighted by Crippen LogP contribution is -2.34. The third-order valence-electron chi connectivity index (χ3n) is 2.34. The van der Waals surface area contributed by atoms with Gasteiger partial charge in [-0.15, -0.1) is 0 Å². The van der Waals surface area contributed by atoms with E-state index >= 15 is 0 Å². The van der Waals surface area contributed by atoms with Gasteiger partial charge in [-0.3, -0.25) is 9.59 Å². The van der Waals surface area contributed by atoms with Gasteiger partial charge in [-0.05, 0) is 13.0 Å². The van der Waals surface area contributed by atoms with Crippen molar-refractivity contribution in [3.05, 3.63) is 23.8 Å². The lowest BCUT2D eigenvalue weighted by molar-refractivity contribution is -0.141. The van der Waals surface area contributed by atoms with Crippen LogP contribution in [0, 0.1) is 12.8 Å². The molecule has 1 unspecified atom stereocenters. The second-order valence-corrected chi connectivity index (χ2v) is 3.97. The number of carbonyl (C=O) groups is 2. The van der Waals surface area contributed by atoms with Crippen LogP contribution in [0.15, 0.2) is 12.4 Å². The largest absolute Gasteiger partial charge is 0.481 e. The van der Waals surface area contributed by atoms with E-state index in [1.165, 1.54) is 11.2 Å². The highest BCUT2D eigenvalue weighted by molar-refractivity contribution is 5.92. The van der Waals surface area contributed by atoms with Crippen molar-refractivity contribution in [1.29, 1.82) is 0 Å². The number of amides is 1. The lowest BCUT2D eigenvalue weighted by Gasteiger charge is -2.18. The highest BCUT2D eigenvalue weighted by Gasteiger charge is 2.19. The zero-order valence-corrected chi connectivity index (χ0v) is 10.0. The molecule has 0 aliphatic carbocycles. The summed E-state index contributed by atoms with van der Waals surface area (Å²) >= 11 is 0. The minimum Gasteiger partial charge on any atom is -0.481 e. The molecule has 92 valence electrons. The van der Waals surface area contributed by atoms with Gasteiger partial charge in [-0.25, -0.2) is 9.97 Å². The van der Waals surface area contributed by atoms with E-state index in [2.05, 4.69) is 9.97 Å². The van der Waals surface area contributed by atoms with E-state index in [1.807, 2.05) is 0 Å². The molecule has 1 aromatic rings. The molecular weight excluding hydrogens is 222 g/mol. The third-order valence-corrected chi connectivity index (χ3v) is 2.34. The van der Waals surface area contributed by atoms with E-state index < -0.39 is 11.9 Å². The summed E-state index contributed by atoms with van der Waals surface area (Å²) < 4.78 is 0. The average Bonchev–Trinajstić information content (AvgIpc) is 2.27. The first-order chi connectivity index (χ1) is 7.91. The first-order valence-electron chi connectivity index (χ1n) is 5.18. The van der Waals surface area contributed by atoms with Crippen molar-refractivity contribution < 1.29 is 14.7 Å². The third kappa shape index (κ3) is 3.51. The van der Waals surface area contributed by atoms with Crippen LogP contribution in [0.3, 0.4) is 0 Å². The molecule has 6 heteroatoms. The smallest absolute Gasteiger partial charge is 0.308 e. The van der Waals surface area contributed by atoms with Crippen LogP contribution in [0.1, 0.15) is 23.1 Å². The molecule has 0 saturated carbocycles. The normalized spacial score (nSPS) is 11.9. The highest BCUT2D eigenvalue weighted by Crippen LogP contribution is 2.04. The van der Waals surface area contributed by atoms with Gasteiger partial charge in [-0.2, -0.15) is 0 Å². The maximum absolute atomic E-state index is 11.9. The Kier molecular flexibility index (Phi) is 4.14. The maximum atomic E-state index is 11.9. The monoisotopic (exact) mass is 237 g/mol. The summed E-state index contributed by atoms with van der Waals surface area (Å²) in [7, 11) is 1.55. The van der Waals surface area contributed by atoms with Gasteiger partial charge in [0.2, 0.25) is 0 Å². The van der Waals surface area contributed by atoms with E-state index in [9.17, 15) is 9.59 Å². The van der Waals surface area contributed by atoms with Crippen LogP contribution in [0.4, 0.5) is 0 Å². The molecule has 1 heterocycles. The zero-order chi connectivity index (χ0) is 13.0. The van der Waals surface area contributed by atoms with Gasteiger partial charge in [0.05, 0.1) is 5.92 Å². The first kappa shape index (κ1) is 13.1. The predicted molar refractivity (Wildman–Crippen MR) is 60.5 cm³/mol. The number of aryl methyl sites for hydroxylation is 1. The summed E-state index contributed by atoms with van der Waals surface area (Å²) in [5, 5.41) is 8.76. The Hall–Kier alpha value is -1.98. The van der Waals surface area contributed by atoms with Crippen LogP contribution >= 0.6 is 0 Å². The molecule has 6 nitrogen and oxygen atoms in total. The quantitative estimate of drug-likeness (QED) is 0.828. The second-order valence-electron chi connectivity index (χ2n) is 3.97.